The fourth-order valence-electron chi connectivity index (χ4n) is 3.16. The summed E-state index contributed by atoms with van der Waals surface area (Å²) in [4.78, 5) is 18.9. The summed E-state index contributed by atoms with van der Waals surface area (Å²) >= 11 is 0. The first-order valence-electron chi connectivity index (χ1n) is 9.64. The first-order chi connectivity index (χ1) is 11.6. The Kier molecular flexibility index (Phi) is 10.7. The van der Waals surface area contributed by atoms with Crippen molar-refractivity contribution >= 4 is 35.8 Å². The molecule has 1 aliphatic heterocycles. The number of guanidine groups is 1. The largest absolute Gasteiger partial charge is 0.357 e. The van der Waals surface area contributed by atoms with Gasteiger partial charge in [0.1, 0.15) is 0 Å². The van der Waals surface area contributed by atoms with E-state index >= 15 is 0 Å². The Labute approximate surface area is 170 Å². The van der Waals surface area contributed by atoms with Crippen molar-refractivity contribution in [1.82, 2.24) is 20.9 Å². The van der Waals surface area contributed by atoms with Crippen LogP contribution in [0.5, 0.6) is 0 Å². The van der Waals surface area contributed by atoms with Crippen LogP contribution in [0.3, 0.4) is 0 Å². The molecular weight excluding hydrogens is 429 g/mol. The van der Waals surface area contributed by atoms with Crippen molar-refractivity contribution in [2.75, 3.05) is 39.3 Å². The summed E-state index contributed by atoms with van der Waals surface area (Å²) in [6.07, 6.45) is 4.75. The molecule has 1 saturated carbocycles. The lowest BCUT2D eigenvalue weighted by Crippen LogP contribution is -2.44. The van der Waals surface area contributed by atoms with Crippen LogP contribution in [0.25, 0.3) is 0 Å². The van der Waals surface area contributed by atoms with E-state index in [0.717, 1.165) is 37.8 Å². The van der Waals surface area contributed by atoms with Gasteiger partial charge in [0.2, 0.25) is 5.91 Å². The predicted octanol–water partition coefficient (Wildman–Crippen LogP) is 1.81. The smallest absolute Gasteiger partial charge is 0.223 e. The Morgan fingerprint density at radius 1 is 1.20 bits per heavy atom. The van der Waals surface area contributed by atoms with Crippen LogP contribution in [0.2, 0.25) is 0 Å². The second-order valence-corrected chi connectivity index (χ2v) is 7.30. The van der Waals surface area contributed by atoms with Gasteiger partial charge >= 0.3 is 0 Å². The second-order valence-electron chi connectivity index (χ2n) is 7.30. The van der Waals surface area contributed by atoms with Crippen LogP contribution < -0.4 is 16.0 Å². The number of halogens is 1. The van der Waals surface area contributed by atoms with Gasteiger partial charge in [0.15, 0.2) is 5.96 Å². The number of piperidine rings is 1. The molecule has 1 heterocycles. The molecule has 2 fully saturated rings. The number of carbonyl (C=O) groups excluding carboxylic acids is 1. The van der Waals surface area contributed by atoms with Crippen LogP contribution >= 0.6 is 24.0 Å². The molecule has 0 aromatic carbocycles. The topological polar surface area (TPSA) is 68.8 Å². The minimum Gasteiger partial charge on any atom is -0.357 e. The summed E-state index contributed by atoms with van der Waals surface area (Å²) in [7, 11) is 0. The third-order valence-corrected chi connectivity index (χ3v) is 4.83. The zero-order valence-electron chi connectivity index (χ0n) is 16.0. The van der Waals surface area contributed by atoms with E-state index in [-0.39, 0.29) is 35.8 Å². The number of nitrogens with one attached hydrogen (secondary N) is 3. The molecule has 25 heavy (non-hydrogen) atoms. The van der Waals surface area contributed by atoms with Crippen LogP contribution in [-0.4, -0.2) is 62.1 Å². The van der Waals surface area contributed by atoms with Gasteiger partial charge in [-0.25, -0.2) is 0 Å². The lowest BCUT2D eigenvalue weighted by Gasteiger charge is -2.35. The van der Waals surface area contributed by atoms with Crippen molar-refractivity contribution in [3.8, 4) is 0 Å². The van der Waals surface area contributed by atoms with Crippen molar-refractivity contribution in [3.05, 3.63) is 0 Å². The normalized spacial score (nSPS) is 22.7. The van der Waals surface area contributed by atoms with E-state index in [9.17, 15) is 4.79 Å². The molecule has 2 unspecified atom stereocenters. The highest BCUT2D eigenvalue weighted by atomic mass is 127. The van der Waals surface area contributed by atoms with Crippen LogP contribution in [0.4, 0.5) is 0 Å². The highest BCUT2D eigenvalue weighted by Crippen LogP contribution is 2.28. The maximum atomic E-state index is 11.6. The number of likely N-dealkylation sites (tertiary alicyclic amines) is 1. The van der Waals surface area contributed by atoms with Gasteiger partial charge in [-0.1, -0.05) is 6.92 Å². The lowest BCUT2D eigenvalue weighted by molar-refractivity contribution is -0.122. The fourth-order valence-corrected chi connectivity index (χ4v) is 3.16. The fraction of sp³-hybridized carbons (Fsp3) is 0.889. The molecule has 0 aromatic heterocycles. The molecular formula is C18H36IN5O. The molecule has 2 atom stereocenters. The van der Waals surface area contributed by atoms with Crippen molar-refractivity contribution in [3.63, 3.8) is 0 Å². The number of nitrogens with zero attached hydrogens (tertiary/aromatic N) is 2. The molecule has 2 rings (SSSR count). The van der Waals surface area contributed by atoms with Crippen LogP contribution in [-0.2, 0) is 4.79 Å². The average molecular weight is 465 g/mol. The van der Waals surface area contributed by atoms with Gasteiger partial charge in [-0.15, -0.1) is 24.0 Å². The van der Waals surface area contributed by atoms with E-state index in [1.165, 1.54) is 25.9 Å². The number of amides is 1. The summed E-state index contributed by atoms with van der Waals surface area (Å²) in [5, 5.41) is 9.56. The predicted molar refractivity (Wildman–Crippen MR) is 115 cm³/mol. The van der Waals surface area contributed by atoms with Crippen molar-refractivity contribution < 1.29 is 4.79 Å². The van der Waals surface area contributed by atoms with Crippen molar-refractivity contribution in [2.24, 2.45) is 16.8 Å². The molecule has 3 N–H and O–H groups in total. The summed E-state index contributed by atoms with van der Waals surface area (Å²) < 4.78 is 0. The summed E-state index contributed by atoms with van der Waals surface area (Å²) in [5.41, 5.74) is 0. The van der Waals surface area contributed by atoms with E-state index < -0.39 is 0 Å². The molecule has 6 nitrogen and oxygen atoms in total. The van der Waals surface area contributed by atoms with E-state index in [2.05, 4.69) is 41.6 Å². The van der Waals surface area contributed by atoms with E-state index in [1.54, 1.807) is 0 Å². The monoisotopic (exact) mass is 465 g/mol. The molecule has 0 bridgehead atoms. The highest BCUT2D eigenvalue weighted by molar-refractivity contribution is 14.0. The maximum absolute atomic E-state index is 11.6. The lowest BCUT2D eigenvalue weighted by atomic mass is 9.99. The second kappa shape index (κ2) is 11.9. The van der Waals surface area contributed by atoms with Crippen LogP contribution in [0, 0.1) is 11.8 Å². The van der Waals surface area contributed by atoms with E-state index in [1.807, 2.05) is 0 Å². The van der Waals surface area contributed by atoms with Gasteiger partial charge in [0.25, 0.3) is 0 Å². The van der Waals surface area contributed by atoms with Gasteiger partial charge in [0.05, 0.1) is 6.54 Å². The first-order valence-corrected chi connectivity index (χ1v) is 9.64. The molecule has 0 spiro atoms. The Morgan fingerprint density at radius 3 is 2.56 bits per heavy atom. The molecule has 1 amide bonds. The first kappa shape index (κ1) is 22.5. The molecule has 7 heteroatoms. The van der Waals surface area contributed by atoms with Crippen molar-refractivity contribution in [2.45, 2.75) is 52.5 Å². The van der Waals surface area contributed by atoms with Gasteiger partial charge in [-0.2, -0.15) is 0 Å². The maximum Gasteiger partial charge on any atom is 0.223 e. The minimum absolute atomic E-state index is 0. The average Bonchev–Trinajstić information content (AvgIpc) is 3.41. The third kappa shape index (κ3) is 8.57. The zero-order valence-corrected chi connectivity index (χ0v) is 18.3. The number of hydrogen-bond acceptors (Lipinski definition) is 3. The molecule has 2 aliphatic rings. The van der Waals surface area contributed by atoms with Gasteiger partial charge in [0, 0.05) is 38.1 Å². The number of rotatable bonds is 8. The van der Waals surface area contributed by atoms with Gasteiger partial charge < -0.3 is 16.0 Å². The molecule has 0 aromatic rings. The van der Waals surface area contributed by atoms with Crippen molar-refractivity contribution in [1.29, 1.82) is 0 Å². The SMILES string of the molecule is CCNC(=NCC(C)N1CCCC(C)C1)NCCNC(=O)C1CC1.I. The number of carbonyl (C=O) groups is 1. The quantitative estimate of drug-likeness (QED) is 0.221. The molecule has 1 aliphatic carbocycles. The molecule has 1 saturated heterocycles. The summed E-state index contributed by atoms with van der Waals surface area (Å²) in [6.45, 7) is 12.1. The molecule has 0 radical (unpaired) electrons. The zero-order chi connectivity index (χ0) is 17.4. The Morgan fingerprint density at radius 2 is 1.92 bits per heavy atom. The molecule has 146 valence electrons. The standard InChI is InChI=1S/C18H35N5O.HI/c1-4-19-18(21-10-9-20-17(24)16-7-8-16)22-12-15(3)23-11-5-6-14(2)13-23;/h14-16H,4-13H2,1-3H3,(H,20,24)(H2,19,21,22);1H. The van der Waals surface area contributed by atoms with Gasteiger partial charge in [-0.05, 0) is 52.0 Å². The summed E-state index contributed by atoms with van der Waals surface area (Å²) in [6, 6.07) is 0.470. The van der Waals surface area contributed by atoms with Crippen LogP contribution in [0.15, 0.2) is 4.99 Å². The Hall–Kier alpha value is -0.570. The highest BCUT2D eigenvalue weighted by Gasteiger charge is 2.29. The van der Waals surface area contributed by atoms with Crippen LogP contribution in [0.1, 0.15) is 46.5 Å². The number of aliphatic imine (C=N–C) groups is 1. The Bertz CT molecular complexity index is 428. The van der Waals surface area contributed by atoms with E-state index in [4.69, 9.17) is 4.99 Å². The van der Waals surface area contributed by atoms with Gasteiger partial charge in [-0.3, -0.25) is 14.7 Å². The minimum atomic E-state index is 0. The number of hydrogen-bond donors (Lipinski definition) is 3. The summed E-state index contributed by atoms with van der Waals surface area (Å²) in [5.74, 6) is 2.12. The Balaban J connectivity index is 0.00000312. The third-order valence-electron chi connectivity index (χ3n) is 4.83. The van der Waals surface area contributed by atoms with E-state index in [0.29, 0.717) is 19.1 Å².